The Morgan fingerprint density at radius 3 is 2.35 bits per heavy atom. The summed E-state index contributed by atoms with van der Waals surface area (Å²) in [6, 6.07) is 10.7. The van der Waals surface area contributed by atoms with Crippen LogP contribution in [0.15, 0.2) is 30.3 Å². The first-order valence-electron chi connectivity index (χ1n) is 7.57. The predicted molar refractivity (Wildman–Crippen MR) is 79.4 cm³/mol. The molecule has 1 atom stereocenters. The molecule has 2 N–H and O–H groups in total. The summed E-state index contributed by atoms with van der Waals surface area (Å²) in [5.74, 6) is -0.00202. The molecule has 0 spiro atoms. The Morgan fingerprint density at radius 1 is 1.15 bits per heavy atom. The van der Waals surface area contributed by atoms with Gasteiger partial charge in [-0.25, -0.2) is 0 Å². The van der Waals surface area contributed by atoms with E-state index in [1.807, 2.05) is 35.2 Å². The maximum absolute atomic E-state index is 12.6. The second kappa shape index (κ2) is 5.94. The summed E-state index contributed by atoms with van der Waals surface area (Å²) in [6.45, 7) is 4.11. The van der Waals surface area contributed by atoms with Gasteiger partial charge in [0.25, 0.3) is 0 Å². The minimum absolute atomic E-state index is 0.189. The Hall–Kier alpha value is -1.39. The lowest BCUT2D eigenvalue weighted by Crippen LogP contribution is -2.51. The van der Waals surface area contributed by atoms with Gasteiger partial charge in [0, 0.05) is 38.8 Å². The van der Waals surface area contributed by atoms with E-state index in [0.29, 0.717) is 6.54 Å². The average molecular weight is 273 g/mol. The Labute approximate surface area is 120 Å². The highest BCUT2D eigenvalue weighted by Gasteiger charge is 2.33. The van der Waals surface area contributed by atoms with Crippen LogP contribution in [0.25, 0.3) is 0 Å². The molecule has 0 radical (unpaired) electrons. The first-order chi connectivity index (χ1) is 9.79. The number of carbonyl (C=O) groups is 1. The first-order valence-corrected chi connectivity index (χ1v) is 7.57. The topological polar surface area (TPSA) is 49.6 Å². The Balaban J connectivity index is 1.62. The van der Waals surface area contributed by atoms with E-state index < -0.39 is 0 Å². The van der Waals surface area contributed by atoms with Crippen molar-refractivity contribution in [1.82, 2.24) is 9.80 Å². The number of hydrogen-bond donors (Lipinski definition) is 1. The minimum atomic E-state index is -0.191. The zero-order valence-electron chi connectivity index (χ0n) is 11.9. The average Bonchev–Trinajstić information content (AvgIpc) is 3.34. The molecule has 20 heavy (non-hydrogen) atoms. The van der Waals surface area contributed by atoms with Gasteiger partial charge in [0.2, 0.25) is 5.91 Å². The molecule has 4 nitrogen and oxygen atoms in total. The largest absolute Gasteiger partial charge is 0.340 e. The fourth-order valence-corrected chi connectivity index (χ4v) is 3.03. The van der Waals surface area contributed by atoms with Gasteiger partial charge in [0.15, 0.2) is 0 Å². The Morgan fingerprint density at radius 2 is 1.80 bits per heavy atom. The molecule has 1 amide bonds. The zero-order chi connectivity index (χ0) is 13.9. The van der Waals surface area contributed by atoms with Gasteiger partial charge in [-0.1, -0.05) is 30.3 Å². The third-order valence-corrected chi connectivity index (χ3v) is 4.42. The van der Waals surface area contributed by atoms with Crippen LogP contribution in [0.4, 0.5) is 0 Å². The number of benzene rings is 1. The van der Waals surface area contributed by atoms with Crippen LogP contribution in [-0.2, 0) is 4.79 Å². The fraction of sp³-hybridized carbons (Fsp3) is 0.562. The van der Waals surface area contributed by atoms with Crippen LogP contribution in [0, 0.1) is 0 Å². The zero-order valence-corrected chi connectivity index (χ0v) is 11.9. The molecule has 3 rings (SSSR count). The van der Waals surface area contributed by atoms with Gasteiger partial charge in [-0.3, -0.25) is 9.69 Å². The van der Waals surface area contributed by atoms with Crippen LogP contribution >= 0.6 is 0 Å². The molecule has 0 bridgehead atoms. The van der Waals surface area contributed by atoms with E-state index >= 15 is 0 Å². The normalized spacial score (nSPS) is 21.8. The third-order valence-electron chi connectivity index (χ3n) is 4.42. The molecule has 1 aliphatic carbocycles. The molecule has 1 heterocycles. The van der Waals surface area contributed by atoms with Crippen molar-refractivity contribution in [2.24, 2.45) is 5.73 Å². The van der Waals surface area contributed by atoms with Gasteiger partial charge in [-0.2, -0.15) is 0 Å². The molecule has 0 aromatic heterocycles. The lowest BCUT2D eigenvalue weighted by atomic mass is 9.97. The molecular weight excluding hydrogens is 250 g/mol. The molecule has 1 saturated heterocycles. The highest BCUT2D eigenvalue weighted by molar-refractivity contribution is 5.84. The van der Waals surface area contributed by atoms with Crippen LogP contribution in [0.5, 0.6) is 0 Å². The summed E-state index contributed by atoms with van der Waals surface area (Å²) >= 11 is 0. The van der Waals surface area contributed by atoms with Gasteiger partial charge >= 0.3 is 0 Å². The van der Waals surface area contributed by atoms with Crippen molar-refractivity contribution in [3.05, 3.63) is 35.9 Å². The van der Waals surface area contributed by atoms with Crippen LogP contribution < -0.4 is 5.73 Å². The maximum atomic E-state index is 12.6. The van der Waals surface area contributed by atoms with E-state index in [1.54, 1.807) is 0 Å². The summed E-state index contributed by atoms with van der Waals surface area (Å²) in [4.78, 5) is 17.2. The van der Waals surface area contributed by atoms with E-state index in [-0.39, 0.29) is 11.8 Å². The summed E-state index contributed by atoms with van der Waals surface area (Å²) in [5, 5.41) is 0. The molecule has 1 unspecified atom stereocenters. The number of nitrogens with two attached hydrogens (primary N) is 1. The summed E-state index contributed by atoms with van der Waals surface area (Å²) in [5.41, 5.74) is 6.87. The van der Waals surface area contributed by atoms with E-state index in [0.717, 1.165) is 37.8 Å². The molecule has 1 saturated carbocycles. The molecule has 2 aliphatic rings. The Kier molecular flexibility index (Phi) is 4.03. The minimum Gasteiger partial charge on any atom is -0.340 e. The summed E-state index contributed by atoms with van der Waals surface area (Å²) in [7, 11) is 0. The molecule has 4 heteroatoms. The van der Waals surface area contributed by atoms with Crippen LogP contribution in [0.1, 0.15) is 24.3 Å². The van der Waals surface area contributed by atoms with Gasteiger partial charge in [0.05, 0.1) is 5.92 Å². The van der Waals surface area contributed by atoms with Gasteiger partial charge in [-0.15, -0.1) is 0 Å². The number of piperazine rings is 1. The van der Waals surface area contributed by atoms with E-state index in [4.69, 9.17) is 5.73 Å². The molecule has 108 valence electrons. The van der Waals surface area contributed by atoms with Gasteiger partial charge in [0.1, 0.15) is 0 Å². The van der Waals surface area contributed by atoms with Crippen molar-refractivity contribution in [1.29, 1.82) is 0 Å². The fourth-order valence-electron chi connectivity index (χ4n) is 3.03. The monoisotopic (exact) mass is 273 g/mol. The van der Waals surface area contributed by atoms with Crippen LogP contribution in [0.3, 0.4) is 0 Å². The van der Waals surface area contributed by atoms with Crippen LogP contribution in [0.2, 0.25) is 0 Å². The number of rotatable bonds is 4. The van der Waals surface area contributed by atoms with Crippen LogP contribution in [-0.4, -0.2) is 54.5 Å². The highest BCUT2D eigenvalue weighted by atomic mass is 16.2. The summed E-state index contributed by atoms with van der Waals surface area (Å²) < 4.78 is 0. The van der Waals surface area contributed by atoms with E-state index in [2.05, 4.69) is 4.90 Å². The number of nitrogens with zero attached hydrogens (tertiary/aromatic N) is 2. The molecule has 1 aromatic rings. The Bertz CT molecular complexity index is 450. The SMILES string of the molecule is NCC(C(=O)N1CCN(C2CC2)CC1)c1ccccc1. The van der Waals surface area contributed by atoms with Crippen molar-refractivity contribution in [3.8, 4) is 0 Å². The smallest absolute Gasteiger partial charge is 0.231 e. The van der Waals surface area contributed by atoms with Gasteiger partial charge < -0.3 is 10.6 Å². The lowest BCUT2D eigenvalue weighted by Gasteiger charge is -2.36. The maximum Gasteiger partial charge on any atom is 0.231 e. The molecular formula is C16H23N3O. The first kappa shape index (κ1) is 13.6. The van der Waals surface area contributed by atoms with Crippen molar-refractivity contribution in [3.63, 3.8) is 0 Å². The van der Waals surface area contributed by atoms with Crippen molar-refractivity contribution in [2.45, 2.75) is 24.8 Å². The number of hydrogen-bond acceptors (Lipinski definition) is 3. The third kappa shape index (κ3) is 2.86. The standard InChI is InChI=1S/C16H23N3O/c17-12-15(13-4-2-1-3-5-13)16(20)19-10-8-18(9-11-19)14-6-7-14/h1-5,14-15H,6-12,17H2. The highest BCUT2D eigenvalue weighted by Crippen LogP contribution is 2.28. The second-order valence-electron chi connectivity index (χ2n) is 5.79. The van der Waals surface area contributed by atoms with E-state index in [9.17, 15) is 4.79 Å². The predicted octanol–water partition coefficient (Wildman–Crippen LogP) is 1.04. The summed E-state index contributed by atoms with van der Waals surface area (Å²) in [6.07, 6.45) is 2.67. The van der Waals surface area contributed by atoms with Crippen molar-refractivity contribution >= 4 is 5.91 Å². The quantitative estimate of drug-likeness (QED) is 0.891. The van der Waals surface area contributed by atoms with Crippen molar-refractivity contribution < 1.29 is 4.79 Å². The number of amides is 1. The van der Waals surface area contributed by atoms with Gasteiger partial charge in [-0.05, 0) is 18.4 Å². The lowest BCUT2D eigenvalue weighted by molar-refractivity contribution is -0.134. The van der Waals surface area contributed by atoms with Crippen molar-refractivity contribution in [2.75, 3.05) is 32.7 Å². The molecule has 1 aliphatic heterocycles. The number of carbonyl (C=O) groups excluding carboxylic acids is 1. The second-order valence-corrected chi connectivity index (χ2v) is 5.79. The van der Waals surface area contributed by atoms with E-state index in [1.165, 1.54) is 12.8 Å². The molecule has 1 aromatic carbocycles. The molecule has 2 fully saturated rings.